The molecule has 1 amide bonds. The normalized spacial score (nSPS) is 11.5. The maximum absolute atomic E-state index is 11.7. The van der Waals surface area contributed by atoms with E-state index in [2.05, 4.69) is 11.2 Å². The van der Waals surface area contributed by atoms with Gasteiger partial charge in [-0.1, -0.05) is 19.1 Å². The molecule has 0 aliphatic rings. The van der Waals surface area contributed by atoms with E-state index < -0.39 is 0 Å². The fourth-order valence-electron chi connectivity index (χ4n) is 1.61. The first-order chi connectivity index (χ1) is 8.15. The second-order valence-electron chi connectivity index (χ2n) is 4.00. The molecule has 0 aliphatic heterocycles. The SMILES string of the molecule is C#CCC(CC)NC(=O)Cc1cccc(N)c1. The van der Waals surface area contributed by atoms with E-state index in [1.807, 2.05) is 25.1 Å². The quantitative estimate of drug-likeness (QED) is 0.598. The molecule has 90 valence electrons. The Morgan fingerprint density at radius 3 is 2.94 bits per heavy atom. The van der Waals surface area contributed by atoms with Gasteiger partial charge < -0.3 is 11.1 Å². The van der Waals surface area contributed by atoms with Gasteiger partial charge >= 0.3 is 0 Å². The first kappa shape index (κ1) is 13.1. The third-order valence-electron chi connectivity index (χ3n) is 2.54. The predicted molar refractivity (Wildman–Crippen MR) is 70.2 cm³/mol. The smallest absolute Gasteiger partial charge is 0.224 e. The molecule has 17 heavy (non-hydrogen) atoms. The molecule has 0 spiro atoms. The highest BCUT2D eigenvalue weighted by molar-refractivity contribution is 5.79. The van der Waals surface area contributed by atoms with Crippen LogP contribution in [0.4, 0.5) is 5.69 Å². The van der Waals surface area contributed by atoms with Gasteiger partial charge in [-0.25, -0.2) is 0 Å². The summed E-state index contributed by atoms with van der Waals surface area (Å²) in [6.45, 7) is 2.00. The lowest BCUT2D eigenvalue weighted by Crippen LogP contribution is -2.35. The standard InChI is InChI=1S/C14H18N2O/c1-3-6-13(4-2)16-14(17)10-11-7-5-8-12(15)9-11/h1,5,7-9,13H,4,6,10,15H2,2H3,(H,16,17). The molecule has 1 rings (SSSR count). The van der Waals surface area contributed by atoms with E-state index in [1.165, 1.54) is 0 Å². The third-order valence-corrected chi connectivity index (χ3v) is 2.54. The molecule has 0 saturated carbocycles. The number of nitrogens with two attached hydrogens (primary N) is 1. The minimum Gasteiger partial charge on any atom is -0.399 e. The zero-order valence-corrected chi connectivity index (χ0v) is 10.1. The van der Waals surface area contributed by atoms with Crippen LogP contribution in [0.25, 0.3) is 0 Å². The molecule has 1 aromatic carbocycles. The number of benzene rings is 1. The van der Waals surface area contributed by atoms with Crippen LogP contribution < -0.4 is 11.1 Å². The van der Waals surface area contributed by atoms with Gasteiger partial charge in [-0.2, -0.15) is 0 Å². The van der Waals surface area contributed by atoms with Crippen LogP contribution in [0.1, 0.15) is 25.3 Å². The van der Waals surface area contributed by atoms with Gasteiger partial charge in [-0.3, -0.25) is 4.79 Å². The lowest BCUT2D eigenvalue weighted by Gasteiger charge is -2.14. The first-order valence-corrected chi connectivity index (χ1v) is 5.73. The van der Waals surface area contributed by atoms with Crippen molar-refractivity contribution in [2.75, 3.05) is 5.73 Å². The lowest BCUT2D eigenvalue weighted by molar-refractivity contribution is -0.121. The summed E-state index contributed by atoms with van der Waals surface area (Å²) in [5, 5.41) is 2.91. The number of anilines is 1. The minimum atomic E-state index is -0.0160. The third kappa shape index (κ3) is 4.60. The van der Waals surface area contributed by atoms with Gasteiger partial charge in [0.05, 0.1) is 6.42 Å². The van der Waals surface area contributed by atoms with Crippen molar-refractivity contribution in [1.82, 2.24) is 5.32 Å². The summed E-state index contributed by atoms with van der Waals surface area (Å²) in [6.07, 6.45) is 6.98. The molecule has 0 saturated heterocycles. The van der Waals surface area contributed by atoms with Crippen molar-refractivity contribution in [3.05, 3.63) is 29.8 Å². The lowest BCUT2D eigenvalue weighted by atomic mass is 10.1. The molecular formula is C14H18N2O. The van der Waals surface area contributed by atoms with Crippen LogP contribution in [0, 0.1) is 12.3 Å². The van der Waals surface area contributed by atoms with Gasteiger partial charge in [0.15, 0.2) is 0 Å². The van der Waals surface area contributed by atoms with Gasteiger partial charge in [-0.05, 0) is 24.1 Å². The van der Waals surface area contributed by atoms with Gasteiger partial charge in [0.25, 0.3) is 0 Å². The number of nitrogen functional groups attached to an aromatic ring is 1. The van der Waals surface area contributed by atoms with E-state index in [4.69, 9.17) is 12.2 Å². The Labute approximate surface area is 102 Å². The summed E-state index contributed by atoms with van der Waals surface area (Å²) in [6, 6.07) is 7.40. The fraction of sp³-hybridized carbons (Fsp3) is 0.357. The van der Waals surface area contributed by atoms with E-state index in [1.54, 1.807) is 6.07 Å². The van der Waals surface area contributed by atoms with E-state index in [0.717, 1.165) is 12.0 Å². The number of amides is 1. The molecule has 0 bridgehead atoms. The average molecular weight is 230 g/mol. The van der Waals surface area contributed by atoms with E-state index >= 15 is 0 Å². The molecule has 1 aromatic rings. The number of terminal acetylenes is 1. The molecule has 3 nitrogen and oxygen atoms in total. The van der Waals surface area contributed by atoms with Gasteiger partial charge in [0, 0.05) is 18.2 Å². The summed E-state index contributed by atoms with van der Waals surface area (Å²) < 4.78 is 0. The Hall–Kier alpha value is -1.95. The van der Waals surface area contributed by atoms with Crippen LogP contribution in [0.5, 0.6) is 0 Å². The van der Waals surface area contributed by atoms with Gasteiger partial charge in [-0.15, -0.1) is 12.3 Å². The van der Waals surface area contributed by atoms with E-state index in [0.29, 0.717) is 18.5 Å². The Morgan fingerprint density at radius 1 is 1.59 bits per heavy atom. The zero-order valence-electron chi connectivity index (χ0n) is 10.1. The Kier molecular flexibility index (Phi) is 5.09. The van der Waals surface area contributed by atoms with Crippen LogP contribution >= 0.6 is 0 Å². The highest BCUT2D eigenvalue weighted by atomic mass is 16.1. The summed E-state index contributed by atoms with van der Waals surface area (Å²) in [4.78, 5) is 11.7. The summed E-state index contributed by atoms with van der Waals surface area (Å²) in [7, 11) is 0. The maximum Gasteiger partial charge on any atom is 0.224 e. The number of hydrogen-bond donors (Lipinski definition) is 2. The molecule has 0 fully saturated rings. The highest BCUT2D eigenvalue weighted by Gasteiger charge is 2.09. The molecular weight excluding hydrogens is 212 g/mol. The van der Waals surface area contributed by atoms with Crippen LogP contribution in [-0.4, -0.2) is 11.9 Å². The molecule has 0 aromatic heterocycles. The van der Waals surface area contributed by atoms with Gasteiger partial charge in [0.1, 0.15) is 0 Å². The fourth-order valence-corrected chi connectivity index (χ4v) is 1.61. The second kappa shape index (κ2) is 6.59. The molecule has 1 atom stereocenters. The number of carbonyl (C=O) groups excluding carboxylic acids is 1. The maximum atomic E-state index is 11.7. The van der Waals surface area contributed by atoms with Crippen LogP contribution in [0.15, 0.2) is 24.3 Å². The summed E-state index contributed by atoms with van der Waals surface area (Å²) in [5.74, 6) is 2.55. The monoisotopic (exact) mass is 230 g/mol. The number of nitrogens with one attached hydrogen (secondary N) is 1. The Balaban J connectivity index is 2.52. The van der Waals surface area contributed by atoms with Crippen molar-refractivity contribution in [3.63, 3.8) is 0 Å². The van der Waals surface area contributed by atoms with Crippen molar-refractivity contribution in [1.29, 1.82) is 0 Å². The molecule has 3 N–H and O–H groups in total. The highest BCUT2D eigenvalue weighted by Crippen LogP contribution is 2.07. The van der Waals surface area contributed by atoms with Gasteiger partial charge in [0.2, 0.25) is 5.91 Å². The van der Waals surface area contributed by atoms with Crippen molar-refractivity contribution >= 4 is 11.6 Å². The van der Waals surface area contributed by atoms with Crippen LogP contribution in [0.2, 0.25) is 0 Å². The summed E-state index contributed by atoms with van der Waals surface area (Å²) in [5.41, 5.74) is 7.24. The van der Waals surface area contributed by atoms with Crippen LogP contribution in [-0.2, 0) is 11.2 Å². The molecule has 3 heteroatoms. The van der Waals surface area contributed by atoms with Crippen molar-refractivity contribution in [2.24, 2.45) is 0 Å². The summed E-state index contributed by atoms with van der Waals surface area (Å²) >= 11 is 0. The first-order valence-electron chi connectivity index (χ1n) is 5.73. The minimum absolute atomic E-state index is 0.0160. The molecule has 0 radical (unpaired) electrons. The van der Waals surface area contributed by atoms with E-state index in [9.17, 15) is 4.79 Å². The average Bonchev–Trinajstić information content (AvgIpc) is 2.28. The predicted octanol–water partition coefficient (Wildman–Crippen LogP) is 1.73. The number of hydrogen-bond acceptors (Lipinski definition) is 2. The Morgan fingerprint density at radius 2 is 2.35 bits per heavy atom. The number of carbonyl (C=O) groups is 1. The van der Waals surface area contributed by atoms with Crippen molar-refractivity contribution < 1.29 is 4.79 Å². The van der Waals surface area contributed by atoms with E-state index in [-0.39, 0.29) is 11.9 Å². The zero-order chi connectivity index (χ0) is 12.7. The molecule has 0 heterocycles. The van der Waals surface area contributed by atoms with Crippen molar-refractivity contribution in [2.45, 2.75) is 32.2 Å². The largest absolute Gasteiger partial charge is 0.399 e. The molecule has 0 aliphatic carbocycles. The van der Waals surface area contributed by atoms with Crippen molar-refractivity contribution in [3.8, 4) is 12.3 Å². The van der Waals surface area contributed by atoms with Crippen LogP contribution in [0.3, 0.4) is 0 Å². The second-order valence-corrected chi connectivity index (χ2v) is 4.00. The molecule has 1 unspecified atom stereocenters. The number of rotatable bonds is 5. The topological polar surface area (TPSA) is 55.1 Å². The Bertz CT molecular complexity index is 420.